The smallest absolute Gasteiger partial charge is 0.214 e. The number of nitrogens with zero attached hydrogens (tertiary/aromatic N) is 1. The van der Waals surface area contributed by atoms with Crippen molar-refractivity contribution in [3.05, 3.63) is 35.6 Å². The third-order valence-corrected chi connectivity index (χ3v) is 5.47. The molecule has 2 rings (SSSR count). The van der Waals surface area contributed by atoms with Crippen molar-refractivity contribution in [2.24, 2.45) is 0 Å². The fourth-order valence-corrected chi connectivity index (χ4v) is 3.97. The maximum Gasteiger partial charge on any atom is 0.214 e. The van der Waals surface area contributed by atoms with Crippen molar-refractivity contribution in [2.75, 3.05) is 12.3 Å². The molecule has 1 atom stereocenters. The fourth-order valence-electron chi connectivity index (χ4n) is 2.19. The van der Waals surface area contributed by atoms with Crippen molar-refractivity contribution in [3.63, 3.8) is 0 Å². The number of rotatable bonds is 7. The normalized spacial score (nSPS) is 17.4. The predicted octanol–water partition coefficient (Wildman–Crippen LogP) is 2.06. The molecule has 1 aromatic rings. The Kier molecular flexibility index (Phi) is 4.78. The molecule has 0 saturated heterocycles. The summed E-state index contributed by atoms with van der Waals surface area (Å²) in [4.78, 5) is 0. The van der Waals surface area contributed by atoms with Crippen LogP contribution < -0.4 is 0 Å². The summed E-state index contributed by atoms with van der Waals surface area (Å²) in [6, 6.07) is 5.51. The van der Waals surface area contributed by atoms with Gasteiger partial charge in [0.05, 0.1) is 11.9 Å². The van der Waals surface area contributed by atoms with E-state index in [2.05, 4.69) is 0 Å². The van der Waals surface area contributed by atoms with Crippen LogP contribution in [0.2, 0.25) is 0 Å². The van der Waals surface area contributed by atoms with Gasteiger partial charge in [0.25, 0.3) is 0 Å². The molecule has 1 aliphatic rings. The van der Waals surface area contributed by atoms with E-state index >= 15 is 0 Å². The Morgan fingerprint density at radius 3 is 2.45 bits per heavy atom. The van der Waals surface area contributed by atoms with Crippen molar-refractivity contribution in [2.45, 2.75) is 38.3 Å². The summed E-state index contributed by atoms with van der Waals surface area (Å²) in [5.74, 6) is -0.279. The largest absolute Gasteiger partial charge is 0.387 e. The molecule has 0 spiro atoms. The molecule has 112 valence electrons. The maximum absolute atomic E-state index is 12.9. The van der Waals surface area contributed by atoms with Crippen molar-refractivity contribution >= 4 is 10.0 Å². The van der Waals surface area contributed by atoms with Crippen LogP contribution in [0.5, 0.6) is 0 Å². The first-order valence-corrected chi connectivity index (χ1v) is 8.48. The van der Waals surface area contributed by atoms with Crippen LogP contribution in [-0.4, -0.2) is 36.2 Å². The third-order valence-electron chi connectivity index (χ3n) is 3.38. The Hall–Kier alpha value is -0.980. The molecule has 1 N–H and O–H groups in total. The molecule has 4 nitrogen and oxygen atoms in total. The Morgan fingerprint density at radius 1 is 1.35 bits per heavy atom. The number of sulfonamides is 1. The first-order valence-electron chi connectivity index (χ1n) is 6.87. The number of benzene rings is 1. The van der Waals surface area contributed by atoms with Gasteiger partial charge in [-0.05, 0) is 37.0 Å². The minimum absolute atomic E-state index is 0.0154. The highest BCUT2D eigenvalue weighted by atomic mass is 32.2. The summed E-state index contributed by atoms with van der Waals surface area (Å²) in [5, 5.41) is 10.2. The zero-order valence-corrected chi connectivity index (χ0v) is 12.3. The van der Waals surface area contributed by atoms with E-state index in [1.165, 1.54) is 28.6 Å². The first-order chi connectivity index (χ1) is 9.44. The SMILES string of the molecule is CCCS(=O)(=O)N(CC(O)c1ccc(F)cc1)C1CC1. The first kappa shape index (κ1) is 15.4. The van der Waals surface area contributed by atoms with E-state index in [1.54, 1.807) is 0 Å². The van der Waals surface area contributed by atoms with Crippen molar-refractivity contribution in [1.29, 1.82) is 0 Å². The van der Waals surface area contributed by atoms with E-state index < -0.39 is 16.1 Å². The molecule has 1 fully saturated rings. The summed E-state index contributed by atoms with van der Waals surface area (Å²) in [7, 11) is -3.32. The lowest BCUT2D eigenvalue weighted by atomic mass is 10.1. The van der Waals surface area contributed by atoms with Crippen LogP contribution in [0.1, 0.15) is 37.9 Å². The zero-order valence-electron chi connectivity index (χ0n) is 11.5. The Morgan fingerprint density at radius 2 is 1.95 bits per heavy atom. The Bertz CT molecular complexity index is 540. The molecule has 0 aliphatic heterocycles. The number of aliphatic hydroxyl groups is 1. The van der Waals surface area contributed by atoms with Gasteiger partial charge in [-0.1, -0.05) is 19.1 Å². The Labute approximate surface area is 119 Å². The number of halogens is 1. The van der Waals surface area contributed by atoms with Crippen LogP contribution in [0.15, 0.2) is 24.3 Å². The monoisotopic (exact) mass is 301 g/mol. The van der Waals surface area contributed by atoms with Gasteiger partial charge in [-0.2, -0.15) is 4.31 Å². The van der Waals surface area contributed by atoms with Gasteiger partial charge in [-0.15, -0.1) is 0 Å². The van der Waals surface area contributed by atoms with E-state index in [4.69, 9.17) is 0 Å². The van der Waals surface area contributed by atoms with Crippen molar-refractivity contribution in [3.8, 4) is 0 Å². The van der Waals surface area contributed by atoms with Crippen LogP contribution in [-0.2, 0) is 10.0 Å². The Balaban J connectivity index is 2.10. The second-order valence-electron chi connectivity index (χ2n) is 5.18. The van der Waals surface area contributed by atoms with Gasteiger partial charge >= 0.3 is 0 Å². The highest BCUT2D eigenvalue weighted by Crippen LogP contribution is 2.31. The van der Waals surface area contributed by atoms with Crippen LogP contribution in [0, 0.1) is 5.82 Å². The molecular weight excluding hydrogens is 281 g/mol. The highest BCUT2D eigenvalue weighted by molar-refractivity contribution is 7.89. The quantitative estimate of drug-likeness (QED) is 0.838. The molecular formula is C14H20FNO3S. The molecule has 1 aromatic carbocycles. The molecule has 20 heavy (non-hydrogen) atoms. The lowest BCUT2D eigenvalue weighted by Crippen LogP contribution is -2.38. The minimum atomic E-state index is -3.32. The lowest BCUT2D eigenvalue weighted by molar-refractivity contribution is 0.145. The van der Waals surface area contributed by atoms with Crippen LogP contribution in [0.4, 0.5) is 4.39 Å². The van der Waals surface area contributed by atoms with Crippen LogP contribution in [0.25, 0.3) is 0 Å². The minimum Gasteiger partial charge on any atom is -0.387 e. The van der Waals surface area contributed by atoms with Gasteiger partial charge < -0.3 is 5.11 Å². The molecule has 6 heteroatoms. The topological polar surface area (TPSA) is 57.6 Å². The van der Waals surface area contributed by atoms with E-state index in [0.717, 1.165) is 12.8 Å². The van der Waals surface area contributed by atoms with Crippen LogP contribution >= 0.6 is 0 Å². The summed E-state index contributed by atoms with van der Waals surface area (Å²) in [6.45, 7) is 1.86. The maximum atomic E-state index is 12.9. The van der Waals surface area contributed by atoms with E-state index in [9.17, 15) is 17.9 Å². The average molecular weight is 301 g/mol. The van der Waals surface area contributed by atoms with Crippen molar-refractivity contribution < 1.29 is 17.9 Å². The van der Waals surface area contributed by atoms with Crippen LogP contribution in [0.3, 0.4) is 0 Å². The number of aliphatic hydroxyl groups excluding tert-OH is 1. The van der Waals surface area contributed by atoms with E-state index in [-0.39, 0.29) is 24.2 Å². The predicted molar refractivity (Wildman–Crippen MR) is 75.2 cm³/mol. The van der Waals surface area contributed by atoms with Gasteiger partial charge in [0.1, 0.15) is 5.82 Å². The van der Waals surface area contributed by atoms with E-state index in [0.29, 0.717) is 12.0 Å². The molecule has 0 amide bonds. The second kappa shape index (κ2) is 6.20. The molecule has 1 unspecified atom stereocenters. The van der Waals surface area contributed by atoms with Gasteiger partial charge in [-0.3, -0.25) is 0 Å². The van der Waals surface area contributed by atoms with Gasteiger partial charge in [0, 0.05) is 12.6 Å². The average Bonchev–Trinajstić information content (AvgIpc) is 3.20. The number of hydrogen-bond donors (Lipinski definition) is 1. The molecule has 0 heterocycles. The van der Waals surface area contributed by atoms with Gasteiger partial charge in [0.15, 0.2) is 0 Å². The second-order valence-corrected chi connectivity index (χ2v) is 7.23. The molecule has 0 aromatic heterocycles. The molecule has 0 bridgehead atoms. The molecule has 1 aliphatic carbocycles. The standard InChI is InChI=1S/C14H20FNO3S/c1-2-9-20(18,19)16(13-7-8-13)10-14(17)11-3-5-12(15)6-4-11/h3-6,13-14,17H,2,7-10H2,1H3. The molecule has 0 radical (unpaired) electrons. The summed E-state index contributed by atoms with van der Waals surface area (Å²) < 4.78 is 38.6. The zero-order chi connectivity index (χ0) is 14.8. The lowest BCUT2D eigenvalue weighted by Gasteiger charge is -2.24. The molecule has 1 saturated carbocycles. The summed E-state index contributed by atoms with van der Waals surface area (Å²) in [6.07, 6.45) is 1.32. The van der Waals surface area contributed by atoms with Crippen molar-refractivity contribution in [1.82, 2.24) is 4.31 Å². The summed E-state index contributed by atoms with van der Waals surface area (Å²) >= 11 is 0. The highest BCUT2D eigenvalue weighted by Gasteiger charge is 2.37. The van der Waals surface area contributed by atoms with E-state index in [1.807, 2.05) is 6.92 Å². The van der Waals surface area contributed by atoms with Gasteiger partial charge in [0.2, 0.25) is 10.0 Å². The number of hydrogen-bond acceptors (Lipinski definition) is 3. The summed E-state index contributed by atoms with van der Waals surface area (Å²) in [5.41, 5.74) is 0.531. The third kappa shape index (κ3) is 3.77. The van der Waals surface area contributed by atoms with Gasteiger partial charge in [-0.25, -0.2) is 12.8 Å². The fraction of sp³-hybridized carbons (Fsp3) is 0.571.